The highest BCUT2D eigenvalue weighted by Crippen LogP contribution is 2.37. The molecule has 3 rings (SSSR count). The largest absolute Gasteiger partial charge is 0.507 e. The number of hydrogen-bond donors (Lipinski definition) is 1. The van der Waals surface area contributed by atoms with Gasteiger partial charge in [-0.1, -0.05) is 77.9 Å². The topological polar surface area (TPSA) is 63.8 Å². The van der Waals surface area contributed by atoms with Crippen molar-refractivity contribution in [2.24, 2.45) is 5.10 Å². The average molecular weight is 461 g/mol. The summed E-state index contributed by atoms with van der Waals surface area (Å²) in [6.07, 6.45) is 1.67. The molecule has 1 heterocycles. The Labute approximate surface area is 203 Å². The lowest BCUT2D eigenvalue weighted by atomic mass is 9.79. The number of hydrogen-bond acceptors (Lipinski definition) is 4. The summed E-state index contributed by atoms with van der Waals surface area (Å²) in [5.74, 6) is -0.160. The van der Waals surface area contributed by atoms with Crippen molar-refractivity contribution in [2.75, 3.05) is 6.61 Å². The van der Waals surface area contributed by atoms with Gasteiger partial charge in [-0.15, -0.1) is 0 Å². The molecule has 2 aromatic carbocycles. The number of aromatic hydroxyl groups is 1. The van der Waals surface area contributed by atoms with Crippen molar-refractivity contribution in [1.29, 1.82) is 0 Å². The van der Waals surface area contributed by atoms with Crippen LogP contribution >= 0.6 is 0 Å². The van der Waals surface area contributed by atoms with Crippen molar-refractivity contribution in [3.63, 3.8) is 0 Å². The number of carbonyl (C=O) groups excluding carboxylic acids is 1. The third-order valence-corrected chi connectivity index (χ3v) is 5.82. The van der Waals surface area contributed by atoms with Gasteiger partial charge in [0.1, 0.15) is 5.75 Å². The minimum atomic E-state index is -0.383. The van der Waals surface area contributed by atoms with E-state index in [4.69, 9.17) is 9.84 Å². The van der Waals surface area contributed by atoms with Crippen LogP contribution in [0.3, 0.4) is 0 Å². The minimum absolute atomic E-state index is 0.0913. The molecule has 1 N–H and O–H groups in total. The molecule has 1 aromatic heterocycles. The van der Waals surface area contributed by atoms with Gasteiger partial charge in [0.05, 0.1) is 24.1 Å². The number of esters is 1. The molecular formula is C29H36N2O3. The monoisotopic (exact) mass is 460 g/mol. The predicted octanol–water partition coefficient (Wildman–Crippen LogP) is 6.82. The first kappa shape index (κ1) is 25.3. The maximum atomic E-state index is 12.7. The van der Waals surface area contributed by atoms with Crippen LogP contribution in [-0.4, -0.2) is 28.6 Å². The molecule has 0 saturated heterocycles. The van der Waals surface area contributed by atoms with Crippen LogP contribution in [0.2, 0.25) is 0 Å². The van der Waals surface area contributed by atoms with Gasteiger partial charge in [0.25, 0.3) is 0 Å². The second kappa shape index (κ2) is 9.49. The molecule has 0 saturated carbocycles. The lowest BCUT2D eigenvalue weighted by Crippen LogP contribution is -2.17. The number of aryl methyl sites for hydroxylation is 1. The van der Waals surface area contributed by atoms with Crippen molar-refractivity contribution < 1.29 is 14.6 Å². The van der Waals surface area contributed by atoms with Crippen molar-refractivity contribution in [2.45, 2.75) is 66.2 Å². The Morgan fingerprint density at radius 3 is 2.24 bits per heavy atom. The fourth-order valence-electron chi connectivity index (χ4n) is 3.90. The van der Waals surface area contributed by atoms with E-state index in [2.05, 4.69) is 47.6 Å². The number of ether oxygens (including phenoxy) is 1. The molecule has 5 heteroatoms. The van der Waals surface area contributed by atoms with Gasteiger partial charge in [0.15, 0.2) is 0 Å². The summed E-state index contributed by atoms with van der Waals surface area (Å²) in [6, 6.07) is 15.5. The molecule has 0 fully saturated rings. The van der Waals surface area contributed by atoms with E-state index in [1.165, 1.54) is 0 Å². The zero-order chi connectivity index (χ0) is 25.3. The lowest BCUT2D eigenvalue weighted by Gasteiger charge is -2.27. The first-order chi connectivity index (χ1) is 15.8. The molecule has 0 atom stereocenters. The summed E-state index contributed by atoms with van der Waals surface area (Å²) in [5.41, 5.74) is 5.09. The highest BCUT2D eigenvalue weighted by Gasteiger charge is 2.25. The fourth-order valence-corrected chi connectivity index (χ4v) is 3.90. The van der Waals surface area contributed by atoms with Crippen LogP contribution in [0.1, 0.15) is 81.2 Å². The van der Waals surface area contributed by atoms with Crippen LogP contribution < -0.4 is 0 Å². The van der Waals surface area contributed by atoms with Gasteiger partial charge in [-0.2, -0.15) is 5.10 Å². The third-order valence-electron chi connectivity index (χ3n) is 5.82. The van der Waals surface area contributed by atoms with Crippen LogP contribution in [0, 0.1) is 6.92 Å². The predicted molar refractivity (Wildman–Crippen MR) is 139 cm³/mol. The quantitative estimate of drug-likeness (QED) is 0.335. The molecular weight excluding hydrogens is 424 g/mol. The minimum Gasteiger partial charge on any atom is -0.507 e. The first-order valence-corrected chi connectivity index (χ1v) is 11.7. The number of aromatic nitrogens is 1. The molecule has 5 nitrogen and oxygen atoms in total. The third kappa shape index (κ3) is 5.24. The Morgan fingerprint density at radius 1 is 1.03 bits per heavy atom. The molecule has 0 unspecified atom stereocenters. The highest BCUT2D eigenvalue weighted by molar-refractivity contribution is 5.97. The summed E-state index contributed by atoms with van der Waals surface area (Å²) in [4.78, 5) is 12.7. The van der Waals surface area contributed by atoms with E-state index < -0.39 is 0 Å². The van der Waals surface area contributed by atoms with Gasteiger partial charge >= 0.3 is 5.97 Å². The molecule has 0 radical (unpaired) electrons. The fraction of sp³-hybridized carbons (Fsp3) is 0.379. The van der Waals surface area contributed by atoms with Crippen LogP contribution in [0.5, 0.6) is 5.75 Å². The second-order valence-electron chi connectivity index (χ2n) is 10.7. The first-order valence-electron chi connectivity index (χ1n) is 11.7. The average Bonchev–Trinajstić information content (AvgIpc) is 3.08. The van der Waals surface area contributed by atoms with Gasteiger partial charge in [0.2, 0.25) is 0 Å². The Bertz CT molecular complexity index is 1210. The number of rotatable bonds is 5. The molecule has 0 amide bonds. The number of nitrogens with zero attached hydrogens (tertiary/aromatic N) is 2. The zero-order valence-corrected chi connectivity index (χ0v) is 21.6. The Kier molecular flexibility index (Phi) is 7.06. The molecule has 180 valence electrons. The molecule has 0 spiro atoms. The Morgan fingerprint density at radius 2 is 1.68 bits per heavy atom. The van der Waals surface area contributed by atoms with Crippen LogP contribution in [0.15, 0.2) is 53.6 Å². The van der Waals surface area contributed by atoms with E-state index in [1.54, 1.807) is 23.9 Å². The van der Waals surface area contributed by atoms with Gasteiger partial charge < -0.3 is 9.84 Å². The number of benzene rings is 2. The van der Waals surface area contributed by atoms with Crippen molar-refractivity contribution >= 4 is 12.2 Å². The SMILES string of the molecule is CCOC(=O)c1cc(C)n(/N=C/c2cc(C(C)(C)C)cc(C(C)(C)C)c2O)c1-c1ccccc1. The molecule has 3 aromatic rings. The second-order valence-corrected chi connectivity index (χ2v) is 10.7. The standard InChI is InChI=1S/C29H36N2O3/c1-9-34-27(33)23-15-19(2)31(25(23)20-13-11-10-12-14-20)30-18-21-16-22(28(3,4)5)17-24(26(21)32)29(6,7)8/h10-18,32H,9H2,1-8H3/b30-18+. The summed E-state index contributed by atoms with van der Waals surface area (Å²) < 4.78 is 7.04. The van der Waals surface area contributed by atoms with Gasteiger partial charge in [-0.05, 0) is 42.4 Å². The maximum absolute atomic E-state index is 12.7. The summed E-state index contributed by atoms with van der Waals surface area (Å²) in [7, 11) is 0. The molecule has 0 aliphatic carbocycles. The van der Waals surface area contributed by atoms with E-state index in [0.717, 1.165) is 22.4 Å². The van der Waals surface area contributed by atoms with E-state index in [-0.39, 0.29) is 22.5 Å². The summed E-state index contributed by atoms with van der Waals surface area (Å²) in [6.45, 7) is 16.7. The summed E-state index contributed by atoms with van der Waals surface area (Å²) in [5, 5.41) is 15.9. The zero-order valence-electron chi connectivity index (χ0n) is 21.6. The summed E-state index contributed by atoms with van der Waals surface area (Å²) >= 11 is 0. The maximum Gasteiger partial charge on any atom is 0.340 e. The Balaban J connectivity index is 2.21. The van der Waals surface area contributed by atoms with Crippen molar-refractivity contribution in [3.05, 3.63) is 76.5 Å². The molecule has 34 heavy (non-hydrogen) atoms. The van der Waals surface area contributed by atoms with E-state index in [9.17, 15) is 9.90 Å². The molecule has 0 bridgehead atoms. The van der Waals surface area contributed by atoms with Crippen LogP contribution in [0.4, 0.5) is 0 Å². The van der Waals surface area contributed by atoms with Crippen LogP contribution in [0.25, 0.3) is 11.3 Å². The van der Waals surface area contributed by atoms with Crippen LogP contribution in [-0.2, 0) is 15.6 Å². The number of phenols is 1. The highest BCUT2D eigenvalue weighted by atomic mass is 16.5. The van der Waals surface area contributed by atoms with E-state index in [0.29, 0.717) is 23.4 Å². The lowest BCUT2D eigenvalue weighted by molar-refractivity contribution is 0.0527. The molecule has 0 aliphatic rings. The van der Waals surface area contributed by atoms with Gasteiger partial charge in [-0.3, -0.25) is 0 Å². The van der Waals surface area contributed by atoms with E-state index in [1.807, 2.05) is 43.3 Å². The smallest absolute Gasteiger partial charge is 0.340 e. The van der Waals surface area contributed by atoms with Crippen molar-refractivity contribution in [1.82, 2.24) is 4.68 Å². The number of carbonyl (C=O) groups is 1. The van der Waals surface area contributed by atoms with E-state index >= 15 is 0 Å². The van der Waals surface area contributed by atoms with Gasteiger partial charge in [-0.25, -0.2) is 9.47 Å². The normalized spacial score (nSPS) is 12.4. The van der Waals surface area contributed by atoms with Gasteiger partial charge in [0, 0.05) is 22.4 Å². The van der Waals surface area contributed by atoms with Crippen molar-refractivity contribution in [3.8, 4) is 17.0 Å². The molecule has 0 aliphatic heterocycles. The number of phenolic OH excluding ortho intramolecular Hbond substituents is 1. The Hall–Kier alpha value is -3.34.